The topological polar surface area (TPSA) is 114 Å². The average Bonchev–Trinajstić information content (AvgIpc) is 2.69. The number of nitrogens with one attached hydrogen (secondary N) is 3. The zero-order valence-corrected chi connectivity index (χ0v) is 17.2. The van der Waals surface area contributed by atoms with Crippen molar-refractivity contribution in [3.63, 3.8) is 0 Å². The van der Waals surface area contributed by atoms with Crippen LogP contribution in [0.4, 0.5) is 10.5 Å². The van der Waals surface area contributed by atoms with Gasteiger partial charge in [-0.15, -0.1) is 0 Å². The zero-order valence-electron chi connectivity index (χ0n) is 16.4. The Morgan fingerprint density at radius 1 is 1.03 bits per heavy atom. The van der Waals surface area contributed by atoms with E-state index in [1.54, 1.807) is 24.3 Å². The third-order valence-electron chi connectivity index (χ3n) is 3.87. The predicted molar refractivity (Wildman–Crippen MR) is 111 cm³/mol. The highest BCUT2D eigenvalue weighted by Crippen LogP contribution is 2.17. The maximum Gasteiger partial charge on any atom is 0.328 e. The van der Waals surface area contributed by atoms with E-state index in [9.17, 15) is 18.0 Å². The van der Waals surface area contributed by atoms with Crippen LogP contribution in [0.15, 0.2) is 53.4 Å². The lowest BCUT2D eigenvalue weighted by Crippen LogP contribution is -2.39. The number of sulfonamides is 1. The standard InChI is InChI=1S/C20H25N3O5S/c1-3-5-13-21-20(25)23-29(26,27)18-11-9-16(10-12-18)22-19(24)15-7-6-8-17(14-15)28-4-2/h6-12,14H,3-5,13H2,1-2H3,(H,22,24)(H2,21,23,25). The highest BCUT2D eigenvalue weighted by atomic mass is 32.2. The molecule has 0 heterocycles. The number of carbonyl (C=O) groups excluding carboxylic acids is 2. The van der Waals surface area contributed by atoms with E-state index < -0.39 is 16.1 Å². The van der Waals surface area contributed by atoms with E-state index in [1.807, 2.05) is 18.6 Å². The van der Waals surface area contributed by atoms with Crippen molar-refractivity contribution in [3.8, 4) is 5.75 Å². The number of ether oxygens (including phenoxy) is 1. The van der Waals surface area contributed by atoms with E-state index >= 15 is 0 Å². The Morgan fingerprint density at radius 3 is 2.41 bits per heavy atom. The summed E-state index contributed by atoms with van der Waals surface area (Å²) in [5.41, 5.74) is 0.834. The minimum atomic E-state index is -4.00. The Balaban J connectivity index is 2.01. The van der Waals surface area contributed by atoms with Gasteiger partial charge in [-0.3, -0.25) is 4.79 Å². The number of carbonyl (C=O) groups is 2. The molecule has 0 aliphatic carbocycles. The number of urea groups is 1. The van der Waals surface area contributed by atoms with Crippen molar-refractivity contribution in [2.24, 2.45) is 0 Å². The molecule has 0 radical (unpaired) electrons. The van der Waals surface area contributed by atoms with Crippen LogP contribution >= 0.6 is 0 Å². The molecule has 0 aliphatic heterocycles. The third-order valence-corrected chi connectivity index (χ3v) is 5.22. The summed E-state index contributed by atoms with van der Waals surface area (Å²) in [5, 5.41) is 5.17. The zero-order chi connectivity index (χ0) is 21.3. The first-order valence-corrected chi connectivity index (χ1v) is 10.8. The Morgan fingerprint density at radius 2 is 1.76 bits per heavy atom. The summed E-state index contributed by atoms with van der Waals surface area (Å²) in [7, 11) is -4.00. The van der Waals surface area contributed by atoms with Gasteiger partial charge in [0.1, 0.15) is 5.75 Å². The first-order chi connectivity index (χ1) is 13.9. The van der Waals surface area contributed by atoms with E-state index in [1.165, 1.54) is 24.3 Å². The van der Waals surface area contributed by atoms with Crippen LogP contribution in [0.1, 0.15) is 37.0 Å². The smallest absolute Gasteiger partial charge is 0.328 e. The van der Waals surface area contributed by atoms with Crippen LogP contribution in [0.3, 0.4) is 0 Å². The summed E-state index contributed by atoms with van der Waals surface area (Å²) in [6.07, 6.45) is 1.64. The summed E-state index contributed by atoms with van der Waals surface area (Å²) < 4.78 is 31.8. The van der Waals surface area contributed by atoms with Gasteiger partial charge in [-0.2, -0.15) is 0 Å². The molecule has 0 aliphatic rings. The molecular weight excluding hydrogens is 394 g/mol. The van der Waals surface area contributed by atoms with E-state index in [0.717, 1.165) is 12.8 Å². The minimum Gasteiger partial charge on any atom is -0.494 e. The summed E-state index contributed by atoms with van der Waals surface area (Å²) in [6, 6.07) is 11.5. The number of unbranched alkanes of at least 4 members (excludes halogenated alkanes) is 1. The van der Waals surface area contributed by atoms with E-state index in [0.29, 0.717) is 30.2 Å². The molecular formula is C20H25N3O5S. The van der Waals surface area contributed by atoms with Gasteiger partial charge in [0.15, 0.2) is 0 Å². The Kier molecular flexibility index (Phi) is 8.02. The quantitative estimate of drug-likeness (QED) is 0.541. The van der Waals surface area contributed by atoms with Crippen molar-refractivity contribution < 1.29 is 22.7 Å². The van der Waals surface area contributed by atoms with Crippen LogP contribution in [0.5, 0.6) is 5.75 Å². The van der Waals surface area contributed by atoms with Gasteiger partial charge in [0.25, 0.3) is 15.9 Å². The molecule has 2 aromatic rings. The molecule has 0 saturated heterocycles. The number of anilines is 1. The number of hydrogen-bond acceptors (Lipinski definition) is 5. The van der Waals surface area contributed by atoms with Crippen molar-refractivity contribution in [2.75, 3.05) is 18.5 Å². The van der Waals surface area contributed by atoms with Crippen molar-refractivity contribution in [1.82, 2.24) is 10.0 Å². The summed E-state index contributed by atoms with van der Waals surface area (Å²) in [6.45, 7) is 4.71. The van der Waals surface area contributed by atoms with Crippen molar-refractivity contribution >= 4 is 27.6 Å². The maximum atomic E-state index is 12.4. The minimum absolute atomic E-state index is 0.0838. The maximum absolute atomic E-state index is 12.4. The van der Waals surface area contributed by atoms with Crippen LogP contribution < -0.4 is 20.1 Å². The van der Waals surface area contributed by atoms with Gasteiger partial charge in [-0.05, 0) is 55.8 Å². The SMILES string of the molecule is CCCCNC(=O)NS(=O)(=O)c1ccc(NC(=O)c2cccc(OCC)c2)cc1. The Labute approximate surface area is 170 Å². The fourth-order valence-corrected chi connectivity index (χ4v) is 3.34. The molecule has 3 amide bonds. The molecule has 156 valence electrons. The lowest BCUT2D eigenvalue weighted by molar-refractivity contribution is 0.102. The predicted octanol–water partition coefficient (Wildman–Crippen LogP) is 3.13. The molecule has 8 nitrogen and oxygen atoms in total. The van der Waals surface area contributed by atoms with Gasteiger partial charge in [0, 0.05) is 17.8 Å². The van der Waals surface area contributed by atoms with Gasteiger partial charge in [0.05, 0.1) is 11.5 Å². The molecule has 29 heavy (non-hydrogen) atoms. The molecule has 0 bridgehead atoms. The van der Waals surface area contributed by atoms with Crippen molar-refractivity contribution in [3.05, 3.63) is 54.1 Å². The largest absolute Gasteiger partial charge is 0.494 e. The summed E-state index contributed by atoms with van der Waals surface area (Å²) in [4.78, 5) is 24.0. The second-order valence-electron chi connectivity index (χ2n) is 6.15. The van der Waals surface area contributed by atoms with Gasteiger partial charge >= 0.3 is 6.03 Å². The van der Waals surface area contributed by atoms with Crippen LogP contribution in [-0.4, -0.2) is 33.5 Å². The first-order valence-electron chi connectivity index (χ1n) is 9.30. The van der Waals surface area contributed by atoms with Gasteiger partial charge < -0.3 is 15.4 Å². The highest BCUT2D eigenvalue weighted by Gasteiger charge is 2.17. The van der Waals surface area contributed by atoms with Gasteiger partial charge in [-0.25, -0.2) is 17.9 Å². The van der Waals surface area contributed by atoms with Crippen molar-refractivity contribution in [2.45, 2.75) is 31.6 Å². The third kappa shape index (κ3) is 6.79. The van der Waals surface area contributed by atoms with E-state index in [-0.39, 0.29) is 10.8 Å². The monoisotopic (exact) mass is 419 g/mol. The molecule has 0 saturated carbocycles. The molecule has 2 aromatic carbocycles. The second kappa shape index (κ2) is 10.5. The normalized spacial score (nSPS) is 10.8. The fourth-order valence-electron chi connectivity index (χ4n) is 2.41. The van der Waals surface area contributed by atoms with E-state index in [2.05, 4.69) is 10.6 Å². The summed E-state index contributed by atoms with van der Waals surface area (Å²) >= 11 is 0. The highest BCUT2D eigenvalue weighted by molar-refractivity contribution is 7.90. The van der Waals surface area contributed by atoms with Crippen LogP contribution in [0, 0.1) is 0 Å². The first kappa shape index (κ1) is 22.2. The van der Waals surface area contributed by atoms with Crippen molar-refractivity contribution in [1.29, 1.82) is 0 Å². The number of hydrogen-bond donors (Lipinski definition) is 3. The molecule has 0 fully saturated rings. The van der Waals surface area contributed by atoms with Crippen LogP contribution in [0.2, 0.25) is 0 Å². The molecule has 9 heteroatoms. The second-order valence-corrected chi connectivity index (χ2v) is 7.84. The summed E-state index contributed by atoms with van der Waals surface area (Å²) in [5.74, 6) is 0.237. The molecule has 2 rings (SSSR count). The van der Waals surface area contributed by atoms with Crippen LogP contribution in [0.25, 0.3) is 0 Å². The molecule has 0 aromatic heterocycles. The lowest BCUT2D eigenvalue weighted by Gasteiger charge is -2.10. The molecule has 0 unspecified atom stereocenters. The fraction of sp³-hybridized carbons (Fsp3) is 0.300. The lowest BCUT2D eigenvalue weighted by atomic mass is 10.2. The van der Waals surface area contributed by atoms with Gasteiger partial charge in [0.2, 0.25) is 0 Å². The Hall–Kier alpha value is -3.07. The number of rotatable bonds is 9. The number of amides is 3. The van der Waals surface area contributed by atoms with E-state index in [4.69, 9.17) is 4.74 Å². The Bertz CT molecular complexity index is 943. The van der Waals surface area contributed by atoms with Gasteiger partial charge in [-0.1, -0.05) is 19.4 Å². The number of benzene rings is 2. The molecule has 3 N–H and O–H groups in total. The van der Waals surface area contributed by atoms with Crippen LogP contribution in [-0.2, 0) is 10.0 Å². The molecule has 0 spiro atoms. The average molecular weight is 420 g/mol. The molecule has 0 atom stereocenters.